The second kappa shape index (κ2) is 14.1. The Labute approximate surface area is 337 Å². The highest BCUT2D eigenvalue weighted by Crippen LogP contribution is 2.42. The first kappa shape index (κ1) is 33.6. The molecule has 0 radical (unpaired) electrons. The maximum Gasteiger partial charge on any atom is 0.0794 e. The molecule has 0 unspecified atom stereocenters. The Kier molecular flexibility index (Phi) is 8.19. The number of fused-ring (bicyclic) bond motifs is 5. The average Bonchev–Trinajstić information content (AvgIpc) is 3.31. The van der Waals surface area contributed by atoms with E-state index in [1.54, 1.807) is 0 Å². The first-order valence-corrected chi connectivity index (χ1v) is 19.8. The largest absolute Gasteiger partial charge is 0.248 e. The predicted octanol–water partition coefficient (Wildman–Crippen LogP) is 15.1. The first-order valence-electron chi connectivity index (χ1n) is 19.8. The first-order chi connectivity index (χ1) is 28.7. The van der Waals surface area contributed by atoms with Crippen molar-refractivity contribution in [3.8, 4) is 67.2 Å². The van der Waals surface area contributed by atoms with Crippen molar-refractivity contribution in [3.05, 3.63) is 218 Å². The lowest BCUT2D eigenvalue weighted by Gasteiger charge is -2.16. The molecule has 0 bridgehead atoms. The van der Waals surface area contributed by atoms with Gasteiger partial charge in [0.1, 0.15) is 0 Å². The van der Waals surface area contributed by atoms with Crippen molar-refractivity contribution in [2.75, 3.05) is 0 Å². The van der Waals surface area contributed by atoms with Gasteiger partial charge in [-0.3, -0.25) is 0 Å². The lowest BCUT2D eigenvalue weighted by Crippen LogP contribution is -1.94. The molecule has 9 aromatic carbocycles. The Morgan fingerprint density at radius 3 is 1.24 bits per heavy atom. The van der Waals surface area contributed by atoms with E-state index < -0.39 is 0 Å². The number of hydrogen-bond acceptors (Lipinski definition) is 2. The molecule has 0 aliphatic rings. The van der Waals surface area contributed by atoms with E-state index in [1.807, 2.05) is 12.1 Å². The summed E-state index contributed by atoms with van der Waals surface area (Å²) >= 11 is 0. The lowest BCUT2D eigenvalue weighted by atomic mass is 9.90. The van der Waals surface area contributed by atoms with Crippen LogP contribution in [0.25, 0.3) is 110 Å². The molecule has 0 atom stereocenters. The molecule has 11 aromatic rings. The van der Waals surface area contributed by atoms with Gasteiger partial charge in [0.05, 0.1) is 22.6 Å². The number of nitrogens with zero attached hydrogens (tertiary/aromatic N) is 2. The van der Waals surface area contributed by atoms with E-state index in [4.69, 9.17) is 9.97 Å². The van der Waals surface area contributed by atoms with Gasteiger partial charge in [0.2, 0.25) is 0 Å². The van der Waals surface area contributed by atoms with E-state index in [0.717, 1.165) is 66.8 Å². The molecule has 2 heterocycles. The normalized spacial score (nSPS) is 11.4. The summed E-state index contributed by atoms with van der Waals surface area (Å²) in [5.41, 5.74) is 14.1. The molecule has 2 nitrogen and oxygen atoms in total. The fraction of sp³-hybridized carbons (Fsp3) is 0. The third-order valence-electron chi connectivity index (χ3n) is 11.4. The van der Waals surface area contributed by atoms with Crippen LogP contribution in [-0.2, 0) is 0 Å². The Bertz CT molecular complexity index is 3260. The molecule has 0 aliphatic heterocycles. The molecule has 0 fully saturated rings. The molecule has 0 N–H and O–H groups in total. The zero-order chi connectivity index (χ0) is 38.4. The van der Waals surface area contributed by atoms with Gasteiger partial charge in [-0.15, -0.1) is 0 Å². The number of aromatic nitrogens is 2. The molecule has 0 spiro atoms. The Morgan fingerprint density at radius 1 is 0.224 bits per heavy atom. The van der Waals surface area contributed by atoms with Crippen molar-refractivity contribution in [1.82, 2.24) is 9.97 Å². The minimum Gasteiger partial charge on any atom is -0.248 e. The lowest BCUT2D eigenvalue weighted by molar-refractivity contribution is 1.32. The highest BCUT2D eigenvalue weighted by atomic mass is 14.7. The number of hydrogen-bond donors (Lipinski definition) is 0. The van der Waals surface area contributed by atoms with Crippen molar-refractivity contribution in [3.63, 3.8) is 0 Å². The highest BCUT2D eigenvalue weighted by Gasteiger charge is 2.17. The minimum atomic E-state index is 0.940. The number of rotatable bonds is 6. The second-order valence-corrected chi connectivity index (χ2v) is 15.0. The van der Waals surface area contributed by atoms with Crippen LogP contribution in [0, 0.1) is 0 Å². The van der Waals surface area contributed by atoms with Crippen LogP contribution in [0.4, 0.5) is 0 Å². The van der Waals surface area contributed by atoms with E-state index in [1.165, 1.54) is 43.6 Å². The quantitative estimate of drug-likeness (QED) is 0.159. The summed E-state index contributed by atoms with van der Waals surface area (Å²) in [5, 5.41) is 8.38. The van der Waals surface area contributed by atoms with Crippen LogP contribution < -0.4 is 0 Å². The van der Waals surface area contributed by atoms with Crippen LogP contribution in [-0.4, -0.2) is 9.97 Å². The Hall–Kier alpha value is -7.68. The van der Waals surface area contributed by atoms with Gasteiger partial charge in [-0.2, -0.15) is 0 Å². The molecule has 0 saturated heterocycles. The second-order valence-electron chi connectivity index (χ2n) is 15.0. The summed E-state index contributed by atoms with van der Waals surface area (Å²) in [6, 6.07) is 78.3. The summed E-state index contributed by atoms with van der Waals surface area (Å²) in [6.45, 7) is 0. The van der Waals surface area contributed by atoms with E-state index >= 15 is 0 Å². The zero-order valence-electron chi connectivity index (χ0n) is 31.7. The number of pyridine rings is 2. The molecule has 11 rings (SSSR count). The number of benzene rings is 9. The van der Waals surface area contributed by atoms with E-state index in [-0.39, 0.29) is 0 Å². The van der Waals surface area contributed by atoms with Crippen LogP contribution >= 0.6 is 0 Å². The van der Waals surface area contributed by atoms with Gasteiger partial charge in [0.25, 0.3) is 0 Å². The summed E-state index contributed by atoms with van der Waals surface area (Å²) in [5.74, 6) is 0. The molecule has 0 amide bonds. The summed E-state index contributed by atoms with van der Waals surface area (Å²) in [6.07, 6.45) is 0. The van der Waals surface area contributed by atoms with E-state index in [0.29, 0.717) is 0 Å². The minimum absolute atomic E-state index is 0.940. The van der Waals surface area contributed by atoms with Crippen LogP contribution in [0.2, 0.25) is 0 Å². The van der Waals surface area contributed by atoms with Crippen LogP contribution in [0.3, 0.4) is 0 Å². The highest BCUT2D eigenvalue weighted by molar-refractivity contribution is 6.16. The molecule has 0 saturated carbocycles. The maximum atomic E-state index is 5.51. The summed E-state index contributed by atoms with van der Waals surface area (Å²) < 4.78 is 0. The van der Waals surface area contributed by atoms with Crippen molar-refractivity contribution >= 4 is 43.2 Å². The SMILES string of the molecule is c1ccc(-c2cc(-c3ccc(-c4cc(-c5ccc6ccccc6c5)c5cc(-c6ccc7ccccc7c6)c6ccccc6c5n4)cc3)cc(-c3ccccc3)n2)cc1. The zero-order valence-corrected chi connectivity index (χ0v) is 31.7. The molecule has 2 heteroatoms. The van der Waals surface area contributed by atoms with Gasteiger partial charge >= 0.3 is 0 Å². The van der Waals surface area contributed by atoms with Gasteiger partial charge in [-0.05, 0) is 96.7 Å². The predicted molar refractivity (Wildman–Crippen MR) is 245 cm³/mol. The van der Waals surface area contributed by atoms with Crippen LogP contribution in [0.5, 0.6) is 0 Å². The van der Waals surface area contributed by atoms with Crippen LogP contribution in [0.1, 0.15) is 0 Å². The van der Waals surface area contributed by atoms with Gasteiger partial charge in [-0.25, -0.2) is 9.97 Å². The maximum absolute atomic E-state index is 5.51. The van der Waals surface area contributed by atoms with E-state index in [2.05, 4.69) is 206 Å². The van der Waals surface area contributed by atoms with Gasteiger partial charge < -0.3 is 0 Å². The van der Waals surface area contributed by atoms with Crippen molar-refractivity contribution in [1.29, 1.82) is 0 Å². The summed E-state index contributed by atoms with van der Waals surface area (Å²) in [4.78, 5) is 10.6. The Morgan fingerprint density at radius 2 is 0.655 bits per heavy atom. The molecule has 270 valence electrons. The molecular formula is C56H36N2. The van der Waals surface area contributed by atoms with Crippen molar-refractivity contribution in [2.45, 2.75) is 0 Å². The third-order valence-corrected chi connectivity index (χ3v) is 11.4. The molecule has 58 heavy (non-hydrogen) atoms. The van der Waals surface area contributed by atoms with Crippen molar-refractivity contribution in [2.24, 2.45) is 0 Å². The van der Waals surface area contributed by atoms with Gasteiger partial charge in [0.15, 0.2) is 0 Å². The average molecular weight is 737 g/mol. The monoisotopic (exact) mass is 736 g/mol. The summed E-state index contributed by atoms with van der Waals surface area (Å²) in [7, 11) is 0. The fourth-order valence-corrected chi connectivity index (χ4v) is 8.44. The van der Waals surface area contributed by atoms with Gasteiger partial charge in [0, 0.05) is 27.5 Å². The fourth-order valence-electron chi connectivity index (χ4n) is 8.44. The topological polar surface area (TPSA) is 25.8 Å². The molecule has 0 aliphatic carbocycles. The molecular weight excluding hydrogens is 701 g/mol. The molecule has 2 aromatic heterocycles. The van der Waals surface area contributed by atoms with E-state index in [9.17, 15) is 0 Å². The van der Waals surface area contributed by atoms with Gasteiger partial charge in [-0.1, -0.05) is 182 Å². The Balaban J connectivity index is 1.09. The standard InChI is InChI=1S/C56H36N2/c1-3-15-40(16-4-1)53-33-47(34-54(57-53)41-17-5-2-6-18-41)39-23-27-42(28-24-39)55-36-51(46-30-26-38-14-8-10-20-44(38)32-46)52-35-50(48-21-11-12-22-49(48)56(52)58-55)45-29-25-37-13-7-9-19-43(37)31-45/h1-36H. The smallest absolute Gasteiger partial charge is 0.0794 e. The third kappa shape index (κ3) is 6.09. The van der Waals surface area contributed by atoms with Crippen molar-refractivity contribution < 1.29 is 0 Å². The van der Waals surface area contributed by atoms with Crippen LogP contribution in [0.15, 0.2) is 218 Å².